The Morgan fingerprint density at radius 1 is 1.10 bits per heavy atom. The molecule has 0 radical (unpaired) electrons. The first kappa shape index (κ1) is 14.2. The molecule has 0 saturated heterocycles. The maximum Gasteiger partial charge on any atom is 0.411 e. The quantitative estimate of drug-likeness (QED) is 0.913. The van der Waals surface area contributed by atoms with Crippen LogP contribution in [-0.4, -0.2) is 6.09 Å². The Kier molecular flexibility index (Phi) is 5.21. The molecule has 1 amide bonds. The Morgan fingerprint density at radius 3 is 2.55 bits per heavy atom. The largest absolute Gasteiger partial charge is 0.444 e. The average molecular weight is 288 g/mol. The summed E-state index contributed by atoms with van der Waals surface area (Å²) in [6.45, 7) is 0.144. The molecule has 20 heavy (non-hydrogen) atoms. The summed E-state index contributed by atoms with van der Waals surface area (Å²) in [7, 11) is 0. The number of carbonyl (C=O) groups excluding carboxylic acids is 1. The van der Waals surface area contributed by atoms with Gasteiger partial charge < -0.3 is 4.74 Å². The van der Waals surface area contributed by atoms with Crippen molar-refractivity contribution in [3.63, 3.8) is 0 Å². The van der Waals surface area contributed by atoms with E-state index in [0.717, 1.165) is 11.1 Å². The zero-order valence-electron chi connectivity index (χ0n) is 10.8. The molecule has 0 bridgehead atoms. The van der Waals surface area contributed by atoms with E-state index in [-0.39, 0.29) is 6.61 Å². The molecule has 2 aromatic rings. The Bertz CT molecular complexity index is 596. The van der Waals surface area contributed by atoms with Gasteiger partial charge in [-0.05, 0) is 17.7 Å². The third-order valence-corrected chi connectivity index (χ3v) is 2.96. The maximum absolute atomic E-state index is 11.5. The predicted molar refractivity (Wildman–Crippen MR) is 80.2 cm³/mol. The summed E-state index contributed by atoms with van der Waals surface area (Å²) in [5, 5.41) is 3.12. The van der Waals surface area contributed by atoms with E-state index < -0.39 is 6.09 Å². The van der Waals surface area contributed by atoms with E-state index in [2.05, 4.69) is 5.32 Å². The van der Waals surface area contributed by atoms with Crippen molar-refractivity contribution < 1.29 is 9.53 Å². The summed E-state index contributed by atoms with van der Waals surface area (Å²) in [5.74, 6) is 0. The first-order valence-electron chi connectivity index (χ1n) is 6.14. The van der Waals surface area contributed by atoms with Crippen molar-refractivity contribution in [3.05, 3.63) is 76.9 Å². The third kappa shape index (κ3) is 4.44. The van der Waals surface area contributed by atoms with Crippen LogP contribution >= 0.6 is 11.6 Å². The van der Waals surface area contributed by atoms with Crippen LogP contribution in [0.25, 0.3) is 6.08 Å². The molecular weight excluding hydrogens is 274 g/mol. The molecule has 0 spiro atoms. The molecule has 0 aliphatic heterocycles. The number of alkyl carbamates (subject to hydrolysis) is 1. The van der Waals surface area contributed by atoms with Crippen molar-refractivity contribution in [2.24, 2.45) is 0 Å². The number of hydrogen-bond donors (Lipinski definition) is 1. The Morgan fingerprint density at radius 2 is 1.80 bits per heavy atom. The molecule has 4 heteroatoms. The van der Waals surface area contributed by atoms with Crippen LogP contribution in [0.15, 0.2) is 60.8 Å². The van der Waals surface area contributed by atoms with E-state index in [0.29, 0.717) is 5.02 Å². The summed E-state index contributed by atoms with van der Waals surface area (Å²) >= 11 is 5.97. The minimum Gasteiger partial charge on any atom is -0.444 e. The van der Waals surface area contributed by atoms with E-state index >= 15 is 0 Å². The first-order chi connectivity index (χ1) is 9.75. The van der Waals surface area contributed by atoms with Crippen molar-refractivity contribution in [2.45, 2.75) is 6.61 Å². The number of hydrogen-bond acceptors (Lipinski definition) is 2. The van der Waals surface area contributed by atoms with Gasteiger partial charge in [-0.1, -0.05) is 60.1 Å². The van der Waals surface area contributed by atoms with E-state index in [9.17, 15) is 4.79 Å². The molecular formula is C16H14ClNO2. The molecule has 3 nitrogen and oxygen atoms in total. The van der Waals surface area contributed by atoms with Gasteiger partial charge in [0, 0.05) is 16.8 Å². The summed E-state index contributed by atoms with van der Waals surface area (Å²) in [5.41, 5.74) is 1.77. The van der Waals surface area contributed by atoms with Crippen LogP contribution in [0.5, 0.6) is 0 Å². The number of amides is 1. The SMILES string of the molecule is O=C(N/C=C/c1ccccc1)OCc1ccccc1Cl. The van der Waals surface area contributed by atoms with Crippen LogP contribution in [0.1, 0.15) is 11.1 Å². The van der Waals surface area contributed by atoms with Gasteiger partial charge in [0.05, 0.1) is 0 Å². The van der Waals surface area contributed by atoms with Crippen LogP contribution in [0.2, 0.25) is 5.02 Å². The second-order valence-electron chi connectivity index (χ2n) is 4.06. The fourth-order valence-electron chi connectivity index (χ4n) is 1.57. The molecule has 0 aliphatic rings. The van der Waals surface area contributed by atoms with Crippen LogP contribution in [0.3, 0.4) is 0 Å². The van der Waals surface area contributed by atoms with Crippen molar-refractivity contribution in [3.8, 4) is 0 Å². The van der Waals surface area contributed by atoms with Crippen molar-refractivity contribution in [2.75, 3.05) is 0 Å². The lowest BCUT2D eigenvalue weighted by Crippen LogP contribution is -2.18. The van der Waals surface area contributed by atoms with Gasteiger partial charge in [-0.3, -0.25) is 5.32 Å². The summed E-state index contributed by atoms with van der Waals surface area (Å²) < 4.78 is 5.06. The topological polar surface area (TPSA) is 38.3 Å². The minimum absolute atomic E-state index is 0.144. The lowest BCUT2D eigenvalue weighted by molar-refractivity contribution is 0.143. The molecule has 0 heterocycles. The number of ether oxygens (including phenoxy) is 1. The Hall–Kier alpha value is -2.26. The van der Waals surface area contributed by atoms with Crippen LogP contribution in [0.4, 0.5) is 4.79 Å². The van der Waals surface area contributed by atoms with Gasteiger partial charge >= 0.3 is 6.09 Å². The summed E-state index contributed by atoms with van der Waals surface area (Å²) in [6.07, 6.45) is 2.82. The second-order valence-corrected chi connectivity index (χ2v) is 4.46. The van der Waals surface area contributed by atoms with Crippen molar-refractivity contribution in [1.29, 1.82) is 0 Å². The summed E-state index contributed by atoms with van der Waals surface area (Å²) in [6, 6.07) is 16.9. The highest BCUT2D eigenvalue weighted by atomic mass is 35.5. The van der Waals surface area contributed by atoms with E-state index in [1.807, 2.05) is 48.5 Å². The van der Waals surface area contributed by atoms with Crippen molar-refractivity contribution in [1.82, 2.24) is 5.32 Å². The number of benzene rings is 2. The molecule has 0 aromatic heterocycles. The number of nitrogens with one attached hydrogen (secondary N) is 1. The molecule has 2 rings (SSSR count). The lowest BCUT2D eigenvalue weighted by atomic mass is 10.2. The smallest absolute Gasteiger partial charge is 0.411 e. The molecule has 102 valence electrons. The van der Waals surface area contributed by atoms with Gasteiger partial charge in [-0.2, -0.15) is 0 Å². The number of rotatable bonds is 4. The van der Waals surface area contributed by atoms with Crippen molar-refractivity contribution >= 4 is 23.8 Å². The van der Waals surface area contributed by atoms with Crippen LogP contribution in [0, 0.1) is 0 Å². The first-order valence-corrected chi connectivity index (χ1v) is 6.52. The minimum atomic E-state index is -0.517. The van der Waals surface area contributed by atoms with Gasteiger partial charge in [0.1, 0.15) is 6.61 Å². The number of carbonyl (C=O) groups is 1. The molecule has 0 fully saturated rings. The normalized spacial score (nSPS) is 10.4. The van der Waals surface area contributed by atoms with E-state index in [1.165, 1.54) is 0 Å². The third-order valence-electron chi connectivity index (χ3n) is 2.59. The number of halogens is 1. The zero-order chi connectivity index (χ0) is 14.2. The highest BCUT2D eigenvalue weighted by Gasteiger charge is 2.03. The lowest BCUT2D eigenvalue weighted by Gasteiger charge is -2.05. The fourth-order valence-corrected chi connectivity index (χ4v) is 1.76. The van der Waals surface area contributed by atoms with Gasteiger partial charge in [0.2, 0.25) is 0 Å². The molecule has 0 saturated carbocycles. The predicted octanol–water partition coefficient (Wildman–Crippen LogP) is 4.24. The Labute approximate surface area is 122 Å². The average Bonchev–Trinajstić information content (AvgIpc) is 2.47. The van der Waals surface area contributed by atoms with Gasteiger partial charge in [-0.25, -0.2) is 4.79 Å². The Balaban J connectivity index is 1.79. The fraction of sp³-hybridized carbons (Fsp3) is 0.0625. The summed E-state index contributed by atoms with van der Waals surface area (Å²) in [4.78, 5) is 11.5. The van der Waals surface area contributed by atoms with Crippen LogP contribution in [-0.2, 0) is 11.3 Å². The maximum atomic E-state index is 11.5. The molecule has 0 aliphatic carbocycles. The monoisotopic (exact) mass is 287 g/mol. The molecule has 0 atom stereocenters. The van der Waals surface area contributed by atoms with Gasteiger partial charge in [0.25, 0.3) is 0 Å². The van der Waals surface area contributed by atoms with E-state index in [4.69, 9.17) is 16.3 Å². The van der Waals surface area contributed by atoms with Gasteiger partial charge in [0.15, 0.2) is 0 Å². The standard InChI is InChI=1S/C16H14ClNO2/c17-15-9-5-4-8-14(15)12-20-16(19)18-11-10-13-6-2-1-3-7-13/h1-11H,12H2,(H,18,19)/b11-10+. The second kappa shape index (κ2) is 7.36. The van der Waals surface area contributed by atoms with E-state index in [1.54, 1.807) is 18.3 Å². The zero-order valence-corrected chi connectivity index (χ0v) is 11.5. The molecule has 1 N–H and O–H groups in total. The van der Waals surface area contributed by atoms with Crippen LogP contribution < -0.4 is 5.32 Å². The molecule has 0 unspecified atom stereocenters. The van der Waals surface area contributed by atoms with Gasteiger partial charge in [-0.15, -0.1) is 0 Å². The molecule has 2 aromatic carbocycles. The highest BCUT2D eigenvalue weighted by molar-refractivity contribution is 6.31. The highest BCUT2D eigenvalue weighted by Crippen LogP contribution is 2.15.